The molecular formula is C20H20N4O4. The minimum atomic E-state index is -2.02. The van der Waals surface area contributed by atoms with Gasteiger partial charge >= 0.3 is 0 Å². The number of benzene rings is 1. The summed E-state index contributed by atoms with van der Waals surface area (Å²) in [5.41, 5.74) is -3.43. The van der Waals surface area contributed by atoms with E-state index in [1.165, 1.54) is 14.2 Å². The Morgan fingerprint density at radius 2 is 1.82 bits per heavy atom. The van der Waals surface area contributed by atoms with Gasteiger partial charge in [0.25, 0.3) is 0 Å². The first kappa shape index (κ1) is 19.5. The predicted molar refractivity (Wildman–Crippen MR) is 96.1 cm³/mol. The van der Waals surface area contributed by atoms with E-state index in [1.807, 2.05) is 19.1 Å². The van der Waals surface area contributed by atoms with E-state index in [9.17, 15) is 15.8 Å². The van der Waals surface area contributed by atoms with Crippen LogP contribution in [0.15, 0.2) is 18.2 Å². The number of methoxy groups -OCH3 is 2. The van der Waals surface area contributed by atoms with Gasteiger partial charge in [-0.15, -0.1) is 0 Å². The van der Waals surface area contributed by atoms with Crippen LogP contribution in [0.2, 0.25) is 0 Å². The Morgan fingerprint density at radius 1 is 1.14 bits per heavy atom. The molecule has 8 heteroatoms. The molecule has 4 unspecified atom stereocenters. The summed E-state index contributed by atoms with van der Waals surface area (Å²) in [5.74, 6) is -1.57. The van der Waals surface area contributed by atoms with Gasteiger partial charge in [0.2, 0.25) is 17.1 Å². The summed E-state index contributed by atoms with van der Waals surface area (Å²) in [6, 6.07) is 11.0. The number of nitrogens with zero attached hydrogens (tertiary/aromatic N) is 3. The summed E-state index contributed by atoms with van der Waals surface area (Å²) in [6.45, 7) is 3.49. The molecule has 4 atom stereocenters. The van der Waals surface area contributed by atoms with Crippen molar-refractivity contribution in [1.29, 1.82) is 21.2 Å². The summed E-state index contributed by atoms with van der Waals surface area (Å²) in [5, 5.41) is 38.8. The first-order chi connectivity index (χ1) is 13.4. The number of nitrogens with one attached hydrogen (secondary N) is 1. The maximum Gasteiger partial charge on any atom is 0.217 e. The summed E-state index contributed by atoms with van der Waals surface area (Å²) >= 11 is 0. The van der Waals surface area contributed by atoms with Gasteiger partial charge in [0.05, 0.1) is 38.3 Å². The molecule has 0 aliphatic carbocycles. The standard InChI is InChI=1S/C20H20N4O4/c1-5-20-12(2)19(11-23,17(24)28-20)18(9-21,10-22)16(27-20)14-8-13(25-3)6-7-15(14)26-4/h6-8,12,16,24H,5H2,1-4H3. The summed E-state index contributed by atoms with van der Waals surface area (Å²) in [7, 11) is 2.95. The largest absolute Gasteiger partial charge is 0.497 e. The zero-order valence-corrected chi connectivity index (χ0v) is 16.1. The minimum absolute atomic E-state index is 0.329. The first-order valence-corrected chi connectivity index (χ1v) is 8.77. The molecule has 0 amide bonds. The van der Waals surface area contributed by atoms with Crippen LogP contribution >= 0.6 is 0 Å². The van der Waals surface area contributed by atoms with Crippen molar-refractivity contribution in [2.24, 2.45) is 16.7 Å². The fourth-order valence-electron chi connectivity index (χ4n) is 4.37. The van der Waals surface area contributed by atoms with Crippen molar-refractivity contribution >= 4 is 5.90 Å². The number of nitriles is 3. The Labute approximate surface area is 163 Å². The lowest BCUT2D eigenvalue weighted by Crippen LogP contribution is -2.58. The van der Waals surface area contributed by atoms with Gasteiger partial charge in [-0.2, -0.15) is 15.8 Å². The maximum absolute atomic E-state index is 10.1. The topological polar surface area (TPSA) is 132 Å². The molecule has 3 rings (SSSR count). The van der Waals surface area contributed by atoms with Crippen molar-refractivity contribution < 1.29 is 18.9 Å². The fraction of sp³-hybridized carbons (Fsp3) is 0.500. The van der Waals surface area contributed by atoms with Crippen molar-refractivity contribution in [1.82, 2.24) is 0 Å². The van der Waals surface area contributed by atoms with Crippen LogP contribution in [0, 0.1) is 56.2 Å². The highest BCUT2D eigenvalue weighted by Crippen LogP contribution is 2.67. The normalized spacial score (nSPS) is 32.4. The van der Waals surface area contributed by atoms with Gasteiger partial charge < -0.3 is 18.9 Å². The van der Waals surface area contributed by atoms with E-state index in [-0.39, 0.29) is 0 Å². The minimum Gasteiger partial charge on any atom is -0.497 e. The van der Waals surface area contributed by atoms with Crippen molar-refractivity contribution in [2.45, 2.75) is 32.2 Å². The van der Waals surface area contributed by atoms with Crippen molar-refractivity contribution in [3.63, 3.8) is 0 Å². The molecule has 0 saturated carbocycles. The maximum atomic E-state index is 10.1. The summed E-state index contributed by atoms with van der Waals surface area (Å²) < 4.78 is 22.7. The van der Waals surface area contributed by atoms with Crippen LogP contribution in [0.3, 0.4) is 0 Å². The van der Waals surface area contributed by atoms with Crippen LogP contribution in [-0.2, 0) is 9.47 Å². The van der Waals surface area contributed by atoms with Crippen LogP contribution in [0.4, 0.5) is 0 Å². The van der Waals surface area contributed by atoms with E-state index in [2.05, 4.69) is 6.07 Å². The second-order valence-electron chi connectivity index (χ2n) is 6.88. The number of hydrogen-bond acceptors (Lipinski definition) is 8. The van der Waals surface area contributed by atoms with Gasteiger partial charge in [0, 0.05) is 12.0 Å². The summed E-state index contributed by atoms with van der Waals surface area (Å²) in [6.07, 6.45) is -0.860. The van der Waals surface area contributed by atoms with E-state index in [1.54, 1.807) is 25.1 Å². The number of fused-ring (bicyclic) bond motifs is 2. The third-order valence-electron chi connectivity index (χ3n) is 6.02. The lowest BCUT2D eigenvalue weighted by Gasteiger charge is -2.48. The van der Waals surface area contributed by atoms with Crippen LogP contribution in [0.5, 0.6) is 11.5 Å². The van der Waals surface area contributed by atoms with Crippen molar-refractivity contribution in [2.75, 3.05) is 14.2 Å². The summed E-state index contributed by atoms with van der Waals surface area (Å²) in [4.78, 5) is 0. The molecule has 144 valence electrons. The molecule has 0 radical (unpaired) electrons. The Balaban J connectivity index is 2.38. The monoisotopic (exact) mass is 380 g/mol. The lowest BCUT2D eigenvalue weighted by molar-refractivity contribution is -0.280. The van der Waals surface area contributed by atoms with E-state index in [0.29, 0.717) is 23.5 Å². The SMILES string of the molecule is CCC12OC(=N)C(C#N)(C1C)C(C#N)(C#N)C(c1cc(OC)ccc1OC)O2. The van der Waals surface area contributed by atoms with Gasteiger partial charge in [-0.25, -0.2) is 0 Å². The van der Waals surface area contributed by atoms with E-state index >= 15 is 0 Å². The Hall–Kier alpha value is -3.28. The number of ether oxygens (including phenoxy) is 4. The Kier molecular flexibility index (Phi) is 4.46. The fourth-order valence-corrected chi connectivity index (χ4v) is 4.37. The predicted octanol–water partition coefficient (Wildman–Crippen LogP) is 3.07. The molecular weight excluding hydrogens is 360 g/mol. The Morgan fingerprint density at radius 3 is 2.32 bits per heavy atom. The molecule has 1 aromatic carbocycles. The molecule has 1 N–H and O–H groups in total. The Bertz CT molecular complexity index is 942. The zero-order valence-electron chi connectivity index (χ0n) is 16.1. The van der Waals surface area contributed by atoms with Gasteiger partial charge in [-0.3, -0.25) is 5.41 Å². The highest BCUT2D eigenvalue weighted by molar-refractivity contribution is 5.89. The molecule has 8 nitrogen and oxygen atoms in total. The van der Waals surface area contributed by atoms with Crippen LogP contribution in [-0.4, -0.2) is 25.9 Å². The molecule has 28 heavy (non-hydrogen) atoms. The number of hydrogen-bond donors (Lipinski definition) is 1. The molecule has 2 fully saturated rings. The molecule has 1 aromatic rings. The molecule has 2 bridgehead atoms. The zero-order chi connectivity index (χ0) is 20.7. The van der Waals surface area contributed by atoms with Crippen LogP contribution in [0.25, 0.3) is 0 Å². The molecule has 2 saturated heterocycles. The first-order valence-electron chi connectivity index (χ1n) is 8.77. The van der Waals surface area contributed by atoms with Gasteiger partial charge in [0.1, 0.15) is 17.6 Å². The average molecular weight is 380 g/mol. The van der Waals surface area contributed by atoms with E-state index in [0.717, 1.165) is 0 Å². The molecule has 2 aliphatic rings. The van der Waals surface area contributed by atoms with Crippen molar-refractivity contribution in [3.8, 4) is 29.7 Å². The lowest BCUT2D eigenvalue weighted by atomic mass is 9.53. The van der Waals surface area contributed by atoms with Crippen molar-refractivity contribution in [3.05, 3.63) is 23.8 Å². The van der Waals surface area contributed by atoms with Gasteiger partial charge in [-0.1, -0.05) is 13.8 Å². The van der Waals surface area contributed by atoms with Crippen LogP contribution in [0.1, 0.15) is 31.9 Å². The van der Waals surface area contributed by atoms with E-state index in [4.69, 9.17) is 24.4 Å². The third-order valence-corrected chi connectivity index (χ3v) is 6.02. The second-order valence-corrected chi connectivity index (χ2v) is 6.88. The average Bonchev–Trinajstić information content (AvgIpc) is 2.89. The molecule has 0 aromatic heterocycles. The molecule has 2 heterocycles. The quantitative estimate of drug-likeness (QED) is 0.848. The third kappa shape index (κ3) is 2.03. The smallest absolute Gasteiger partial charge is 0.217 e. The second kappa shape index (κ2) is 6.41. The molecule has 0 spiro atoms. The van der Waals surface area contributed by atoms with E-state index < -0.39 is 34.5 Å². The van der Waals surface area contributed by atoms with Gasteiger partial charge in [0.15, 0.2) is 5.41 Å². The highest BCUT2D eigenvalue weighted by Gasteiger charge is 2.79. The number of rotatable bonds is 4. The molecule has 2 aliphatic heterocycles. The van der Waals surface area contributed by atoms with Crippen LogP contribution < -0.4 is 9.47 Å². The van der Waals surface area contributed by atoms with Gasteiger partial charge in [-0.05, 0) is 18.2 Å². The highest BCUT2D eigenvalue weighted by atomic mass is 16.7.